The van der Waals surface area contributed by atoms with Crippen molar-refractivity contribution in [2.24, 2.45) is 0 Å². The summed E-state index contributed by atoms with van der Waals surface area (Å²) in [5.74, 6) is -0.492. The van der Waals surface area contributed by atoms with Gasteiger partial charge in [0.2, 0.25) is 5.88 Å². The smallest absolute Gasteiger partial charge is 0.407 e. The zero-order valence-corrected chi connectivity index (χ0v) is 20.1. The Balaban J connectivity index is 1.59. The van der Waals surface area contributed by atoms with Gasteiger partial charge in [-0.15, -0.1) is 11.8 Å². The predicted molar refractivity (Wildman–Crippen MR) is 125 cm³/mol. The molecule has 33 heavy (non-hydrogen) atoms. The zero-order chi connectivity index (χ0) is 24.0. The lowest BCUT2D eigenvalue weighted by Crippen LogP contribution is -2.45. The second-order valence-corrected chi connectivity index (χ2v) is 9.84. The SMILES string of the molecule is CSc1cccc(Oc2ncc(F)cc2C(=O)NC2CCC(NC(=O)OC(C)(C)C)CC2)c1. The Morgan fingerprint density at radius 2 is 1.76 bits per heavy atom. The van der Waals surface area contributed by atoms with E-state index in [-0.39, 0.29) is 23.5 Å². The lowest BCUT2D eigenvalue weighted by atomic mass is 9.91. The Labute approximate surface area is 197 Å². The van der Waals surface area contributed by atoms with Crippen LogP contribution in [-0.4, -0.2) is 40.9 Å². The molecule has 0 bridgehead atoms. The van der Waals surface area contributed by atoms with E-state index in [0.717, 1.165) is 17.2 Å². The maximum absolute atomic E-state index is 13.9. The number of carbonyl (C=O) groups excluding carboxylic acids is 2. The van der Waals surface area contributed by atoms with Crippen LogP contribution in [0.25, 0.3) is 0 Å². The summed E-state index contributed by atoms with van der Waals surface area (Å²) in [5.41, 5.74) is -0.511. The summed E-state index contributed by atoms with van der Waals surface area (Å²) < 4.78 is 25.0. The molecule has 3 rings (SSSR count). The Kier molecular flexibility index (Phi) is 8.18. The van der Waals surface area contributed by atoms with Gasteiger partial charge in [-0.1, -0.05) is 6.07 Å². The molecule has 1 aromatic carbocycles. The van der Waals surface area contributed by atoms with E-state index in [2.05, 4.69) is 15.6 Å². The molecule has 7 nitrogen and oxygen atoms in total. The van der Waals surface area contributed by atoms with E-state index in [1.54, 1.807) is 17.8 Å². The van der Waals surface area contributed by atoms with Gasteiger partial charge in [-0.3, -0.25) is 4.79 Å². The first kappa shape index (κ1) is 24.8. The number of hydrogen-bond acceptors (Lipinski definition) is 6. The van der Waals surface area contributed by atoms with Crippen LogP contribution in [0.15, 0.2) is 41.4 Å². The van der Waals surface area contributed by atoms with E-state index in [1.807, 2.05) is 45.2 Å². The van der Waals surface area contributed by atoms with Crippen molar-refractivity contribution in [1.82, 2.24) is 15.6 Å². The first-order valence-corrected chi connectivity index (χ1v) is 12.1. The maximum atomic E-state index is 13.9. The summed E-state index contributed by atoms with van der Waals surface area (Å²) in [6.45, 7) is 5.45. The van der Waals surface area contributed by atoms with Crippen molar-refractivity contribution in [3.63, 3.8) is 0 Å². The van der Waals surface area contributed by atoms with Crippen molar-refractivity contribution in [3.8, 4) is 11.6 Å². The number of amides is 2. The minimum atomic E-state index is -0.615. The van der Waals surface area contributed by atoms with Crippen molar-refractivity contribution in [1.29, 1.82) is 0 Å². The van der Waals surface area contributed by atoms with Crippen molar-refractivity contribution in [2.45, 2.75) is 69.0 Å². The Morgan fingerprint density at radius 1 is 1.09 bits per heavy atom. The Morgan fingerprint density at radius 3 is 2.39 bits per heavy atom. The van der Waals surface area contributed by atoms with Gasteiger partial charge in [0.25, 0.3) is 5.91 Å². The standard InChI is InChI=1S/C24H30FN3O4S/c1-24(2,3)32-23(30)28-17-10-8-16(9-11-17)27-21(29)20-12-15(25)14-26-22(20)31-18-6-5-7-19(13-18)33-4/h5-7,12-14,16-17H,8-11H2,1-4H3,(H,27,29)(H,28,30). The summed E-state index contributed by atoms with van der Waals surface area (Å²) in [6, 6.07) is 8.40. The topological polar surface area (TPSA) is 89.5 Å². The Bertz CT molecular complexity index is 988. The lowest BCUT2D eigenvalue weighted by Gasteiger charge is -2.30. The fourth-order valence-electron chi connectivity index (χ4n) is 3.57. The van der Waals surface area contributed by atoms with Crippen molar-refractivity contribution >= 4 is 23.8 Å². The molecule has 0 spiro atoms. The third-order valence-electron chi connectivity index (χ3n) is 5.10. The highest BCUT2D eigenvalue weighted by molar-refractivity contribution is 7.98. The Hall–Kier alpha value is -2.81. The van der Waals surface area contributed by atoms with E-state index >= 15 is 0 Å². The van der Waals surface area contributed by atoms with Crippen LogP contribution in [-0.2, 0) is 4.74 Å². The quantitative estimate of drug-likeness (QED) is 0.551. The zero-order valence-electron chi connectivity index (χ0n) is 19.3. The number of halogens is 1. The lowest BCUT2D eigenvalue weighted by molar-refractivity contribution is 0.0488. The molecule has 1 fully saturated rings. The normalized spacial score (nSPS) is 18.3. The third kappa shape index (κ3) is 7.63. The molecule has 0 saturated heterocycles. The first-order chi connectivity index (χ1) is 15.6. The van der Waals surface area contributed by atoms with Gasteiger partial charge >= 0.3 is 6.09 Å². The van der Waals surface area contributed by atoms with Gasteiger partial charge < -0.3 is 20.1 Å². The highest BCUT2D eigenvalue weighted by Crippen LogP contribution is 2.28. The number of carbonyl (C=O) groups is 2. The van der Waals surface area contributed by atoms with Crippen molar-refractivity contribution < 1.29 is 23.5 Å². The number of benzene rings is 1. The average Bonchev–Trinajstić information content (AvgIpc) is 2.75. The van der Waals surface area contributed by atoms with Gasteiger partial charge in [0.1, 0.15) is 22.7 Å². The summed E-state index contributed by atoms with van der Waals surface area (Å²) in [4.78, 5) is 29.9. The van der Waals surface area contributed by atoms with Crippen molar-refractivity contribution in [2.75, 3.05) is 6.26 Å². The van der Waals surface area contributed by atoms with E-state index in [9.17, 15) is 14.0 Å². The largest absolute Gasteiger partial charge is 0.444 e. The molecule has 0 radical (unpaired) electrons. The monoisotopic (exact) mass is 475 g/mol. The molecule has 2 amide bonds. The molecule has 178 valence electrons. The number of rotatable bonds is 6. The molecular weight excluding hydrogens is 445 g/mol. The van der Waals surface area contributed by atoms with Gasteiger partial charge in [0.15, 0.2) is 0 Å². The number of nitrogens with one attached hydrogen (secondary N) is 2. The molecule has 1 aliphatic carbocycles. The number of hydrogen-bond donors (Lipinski definition) is 2. The fourth-order valence-corrected chi connectivity index (χ4v) is 4.02. The molecule has 1 heterocycles. The minimum Gasteiger partial charge on any atom is -0.444 e. The second kappa shape index (κ2) is 10.9. The summed E-state index contributed by atoms with van der Waals surface area (Å²) in [7, 11) is 0. The van der Waals surface area contributed by atoms with Crippen LogP contribution in [0.2, 0.25) is 0 Å². The molecule has 2 N–H and O–H groups in total. The van der Waals surface area contributed by atoms with Gasteiger partial charge in [-0.25, -0.2) is 14.2 Å². The molecule has 1 saturated carbocycles. The van der Waals surface area contributed by atoms with Crippen LogP contribution in [0.4, 0.5) is 9.18 Å². The van der Waals surface area contributed by atoms with Gasteiger partial charge in [0.05, 0.1) is 6.20 Å². The average molecular weight is 476 g/mol. The van der Waals surface area contributed by atoms with Crippen LogP contribution < -0.4 is 15.4 Å². The van der Waals surface area contributed by atoms with Crippen LogP contribution in [0, 0.1) is 5.82 Å². The number of nitrogens with zero attached hydrogens (tertiary/aromatic N) is 1. The molecule has 2 aromatic rings. The van der Waals surface area contributed by atoms with E-state index in [0.29, 0.717) is 31.4 Å². The molecule has 0 aliphatic heterocycles. The molecule has 1 aromatic heterocycles. The second-order valence-electron chi connectivity index (χ2n) is 8.96. The van der Waals surface area contributed by atoms with E-state index in [1.165, 1.54) is 0 Å². The van der Waals surface area contributed by atoms with E-state index < -0.39 is 23.4 Å². The molecule has 0 unspecified atom stereocenters. The summed E-state index contributed by atoms with van der Waals surface area (Å²) in [5, 5.41) is 5.83. The molecule has 9 heteroatoms. The first-order valence-electron chi connectivity index (χ1n) is 10.9. The van der Waals surface area contributed by atoms with Gasteiger partial charge in [-0.05, 0) is 77.0 Å². The molecular formula is C24H30FN3O4S. The number of pyridine rings is 1. The third-order valence-corrected chi connectivity index (χ3v) is 5.83. The number of alkyl carbamates (subject to hydrolysis) is 1. The number of thioether (sulfide) groups is 1. The highest BCUT2D eigenvalue weighted by atomic mass is 32.2. The highest BCUT2D eigenvalue weighted by Gasteiger charge is 2.27. The fraction of sp³-hybridized carbons (Fsp3) is 0.458. The number of ether oxygens (including phenoxy) is 2. The van der Waals surface area contributed by atoms with Gasteiger partial charge in [-0.2, -0.15) is 0 Å². The van der Waals surface area contributed by atoms with Crippen LogP contribution in [0.1, 0.15) is 56.8 Å². The van der Waals surface area contributed by atoms with Crippen molar-refractivity contribution in [3.05, 3.63) is 47.9 Å². The van der Waals surface area contributed by atoms with Crippen LogP contribution >= 0.6 is 11.8 Å². The molecule has 0 atom stereocenters. The summed E-state index contributed by atoms with van der Waals surface area (Å²) >= 11 is 1.56. The van der Waals surface area contributed by atoms with E-state index in [4.69, 9.17) is 9.47 Å². The molecule has 1 aliphatic rings. The number of aromatic nitrogens is 1. The maximum Gasteiger partial charge on any atom is 0.407 e. The minimum absolute atomic E-state index is 0.00792. The predicted octanol–water partition coefficient (Wildman–Crippen LogP) is 5.30. The van der Waals surface area contributed by atoms with Crippen LogP contribution in [0.3, 0.4) is 0 Å². The summed E-state index contributed by atoms with van der Waals surface area (Å²) in [6.07, 6.45) is 5.31. The van der Waals surface area contributed by atoms with Crippen LogP contribution in [0.5, 0.6) is 11.6 Å². The van der Waals surface area contributed by atoms with Gasteiger partial charge in [0, 0.05) is 17.0 Å².